The predicted octanol–water partition coefficient (Wildman–Crippen LogP) is 1.35. The predicted molar refractivity (Wildman–Crippen MR) is 80.3 cm³/mol. The highest BCUT2D eigenvalue weighted by atomic mass is 32.2. The second-order valence-electron chi connectivity index (χ2n) is 5.61. The lowest BCUT2D eigenvalue weighted by Gasteiger charge is -2.48. The summed E-state index contributed by atoms with van der Waals surface area (Å²) in [5.41, 5.74) is -0.0289. The molecular formula is C13H22N2O3S2. The second-order valence-corrected chi connectivity index (χ2v) is 9.05. The molecule has 1 aliphatic carbocycles. The summed E-state index contributed by atoms with van der Waals surface area (Å²) in [6.45, 7) is 0.389. The first-order valence-corrected chi connectivity index (χ1v) is 8.91. The molecule has 1 aromatic rings. The van der Waals surface area contributed by atoms with Crippen molar-refractivity contribution in [1.82, 2.24) is 9.21 Å². The highest BCUT2D eigenvalue weighted by Gasteiger charge is 2.42. The molecule has 0 aromatic carbocycles. The summed E-state index contributed by atoms with van der Waals surface area (Å²) in [5.74, 6) is 0. The summed E-state index contributed by atoms with van der Waals surface area (Å²) in [6.07, 6.45) is 3.22. The van der Waals surface area contributed by atoms with E-state index < -0.39 is 10.0 Å². The maximum absolute atomic E-state index is 12.5. The van der Waals surface area contributed by atoms with E-state index in [1.807, 2.05) is 14.1 Å². The Hall–Kier alpha value is -0.470. The summed E-state index contributed by atoms with van der Waals surface area (Å²) in [4.78, 5) is 2.80. The van der Waals surface area contributed by atoms with Crippen molar-refractivity contribution in [2.45, 2.75) is 35.6 Å². The van der Waals surface area contributed by atoms with E-state index in [2.05, 4.69) is 4.90 Å². The topological polar surface area (TPSA) is 60.9 Å². The molecule has 0 amide bonds. The molecule has 2 rings (SSSR count). The Morgan fingerprint density at radius 1 is 1.30 bits per heavy atom. The molecule has 0 aliphatic heterocycles. The van der Waals surface area contributed by atoms with Crippen molar-refractivity contribution in [3.8, 4) is 0 Å². The van der Waals surface area contributed by atoms with Crippen LogP contribution in [0, 0.1) is 0 Å². The molecule has 1 saturated carbocycles. The van der Waals surface area contributed by atoms with E-state index in [0.717, 1.165) is 30.6 Å². The molecule has 0 saturated heterocycles. The van der Waals surface area contributed by atoms with Crippen molar-refractivity contribution in [3.05, 3.63) is 17.0 Å². The molecule has 0 spiro atoms. The van der Waals surface area contributed by atoms with Crippen molar-refractivity contribution in [3.63, 3.8) is 0 Å². The van der Waals surface area contributed by atoms with Crippen LogP contribution >= 0.6 is 11.3 Å². The van der Waals surface area contributed by atoms with E-state index >= 15 is 0 Å². The Bertz CT molecular complexity index is 562. The lowest BCUT2D eigenvalue weighted by atomic mass is 9.75. The monoisotopic (exact) mass is 318 g/mol. The average Bonchev–Trinajstić information content (AvgIpc) is 2.82. The first-order valence-electron chi connectivity index (χ1n) is 6.65. The first-order chi connectivity index (χ1) is 9.32. The van der Waals surface area contributed by atoms with Gasteiger partial charge in [0.2, 0.25) is 0 Å². The van der Waals surface area contributed by atoms with Crippen LogP contribution in [0.15, 0.2) is 16.3 Å². The van der Waals surface area contributed by atoms with Crippen LogP contribution in [0.5, 0.6) is 0 Å². The van der Waals surface area contributed by atoms with Crippen molar-refractivity contribution in [2.24, 2.45) is 0 Å². The molecule has 7 heteroatoms. The van der Waals surface area contributed by atoms with Gasteiger partial charge < -0.3 is 10.0 Å². The number of thiophene rings is 1. The van der Waals surface area contributed by atoms with Gasteiger partial charge in [0.05, 0.1) is 6.61 Å². The van der Waals surface area contributed by atoms with Gasteiger partial charge in [-0.3, -0.25) is 0 Å². The van der Waals surface area contributed by atoms with E-state index in [9.17, 15) is 8.42 Å². The summed E-state index contributed by atoms with van der Waals surface area (Å²) < 4.78 is 26.8. The molecule has 20 heavy (non-hydrogen) atoms. The van der Waals surface area contributed by atoms with Crippen LogP contribution < -0.4 is 0 Å². The molecule has 0 atom stereocenters. The van der Waals surface area contributed by atoms with E-state index in [-0.39, 0.29) is 12.1 Å². The zero-order valence-corrected chi connectivity index (χ0v) is 13.8. The fourth-order valence-corrected chi connectivity index (χ4v) is 5.24. The number of hydrogen-bond acceptors (Lipinski definition) is 5. The summed E-state index contributed by atoms with van der Waals surface area (Å²) >= 11 is 1.13. The van der Waals surface area contributed by atoms with Crippen molar-refractivity contribution in [1.29, 1.82) is 0 Å². The quantitative estimate of drug-likeness (QED) is 0.860. The number of rotatable bonds is 6. The summed E-state index contributed by atoms with van der Waals surface area (Å²) in [7, 11) is 2.20. The zero-order valence-electron chi connectivity index (χ0n) is 12.2. The number of nitrogens with zero attached hydrogens (tertiary/aromatic N) is 2. The van der Waals surface area contributed by atoms with Gasteiger partial charge in [-0.2, -0.15) is 4.31 Å². The molecular weight excluding hydrogens is 296 g/mol. The Morgan fingerprint density at radius 3 is 2.35 bits per heavy atom. The molecule has 1 N–H and O–H groups in total. The van der Waals surface area contributed by atoms with Crippen molar-refractivity contribution >= 4 is 21.4 Å². The number of aliphatic hydroxyl groups excluding tert-OH is 1. The fraction of sp³-hybridized carbons (Fsp3) is 0.692. The van der Waals surface area contributed by atoms with Crippen LogP contribution in [0.1, 0.15) is 24.1 Å². The second kappa shape index (κ2) is 5.73. The molecule has 0 bridgehead atoms. The van der Waals surface area contributed by atoms with Gasteiger partial charge in [0.1, 0.15) is 4.21 Å². The zero-order chi connectivity index (χ0) is 15.0. The van der Waals surface area contributed by atoms with E-state index in [1.54, 1.807) is 19.2 Å². The van der Waals surface area contributed by atoms with Crippen LogP contribution in [0.4, 0.5) is 0 Å². The van der Waals surface area contributed by atoms with Gasteiger partial charge >= 0.3 is 0 Å². The summed E-state index contributed by atoms with van der Waals surface area (Å²) in [6, 6.07) is 3.24. The minimum atomic E-state index is -3.46. The van der Waals surface area contributed by atoms with Gasteiger partial charge in [0, 0.05) is 24.0 Å². The van der Waals surface area contributed by atoms with Crippen LogP contribution in [-0.4, -0.2) is 56.0 Å². The van der Waals surface area contributed by atoms with Crippen LogP contribution in [-0.2, 0) is 16.6 Å². The van der Waals surface area contributed by atoms with Gasteiger partial charge in [-0.25, -0.2) is 8.42 Å². The minimum Gasteiger partial charge on any atom is -0.391 e. The molecule has 1 heterocycles. The Balaban J connectivity index is 2.17. The molecule has 0 unspecified atom stereocenters. The Morgan fingerprint density at radius 2 is 1.95 bits per heavy atom. The third kappa shape index (κ3) is 2.78. The highest BCUT2D eigenvalue weighted by Crippen LogP contribution is 2.38. The molecule has 1 fully saturated rings. The average molecular weight is 318 g/mol. The molecule has 114 valence electrons. The van der Waals surface area contributed by atoms with E-state index in [1.165, 1.54) is 4.31 Å². The van der Waals surface area contributed by atoms with Gasteiger partial charge in [0.25, 0.3) is 10.0 Å². The maximum atomic E-state index is 12.5. The lowest BCUT2D eigenvalue weighted by Crippen LogP contribution is -2.57. The number of aliphatic hydroxyl groups is 1. The Labute approximate surface area is 124 Å². The highest BCUT2D eigenvalue weighted by molar-refractivity contribution is 7.91. The van der Waals surface area contributed by atoms with Gasteiger partial charge in [-0.1, -0.05) is 0 Å². The summed E-state index contributed by atoms with van der Waals surface area (Å²) in [5, 5.41) is 9.06. The van der Waals surface area contributed by atoms with E-state index in [4.69, 9.17) is 5.11 Å². The van der Waals surface area contributed by atoms with Crippen molar-refractivity contribution < 1.29 is 13.5 Å². The van der Waals surface area contributed by atoms with Crippen LogP contribution in [0.2, 0.25) is 0 Å². The molecule has 1 aliphatic rings. The van der Waals surface area contributed by atoms with Gasteiger partial charge in [0.15, 0.2) is 0 Å². The molecule has 5 nitrogen and oxygen atoms in total. The largest absolute Gasteiger partial charge is 0.391 e. The van der Waals surface area contributed by atoms with Crippen LogP contribution in [0.3, 0.4) is 0 Å². The maximum Gasteiger partial charge on any atom is 0.252 e. The van der Waals surface area contributed by atoms with Gasteiger partial charge in [-0.05, 0) is 45.5 Å². The van der Waals surface area contributed by atoms with Crippen LogP contribution in [0.25, 0.3) is 0 Å². The van der Waals surface area contributed by atoms with Crippen molar-refractivity contribution in [2.75, 3.05) is 27.7 Å². The lowest BCUT2D eigenvalue weighted by molar-refractivity contribution is 0.0455. The molecule has 0 radical (unpaired) electrons. The third-order valence-corrected chi connectivity index (χ3v) is 7.55. The molecule has 1 aromatic heterocycles. The fourth-order valence-electron chi connectivity index (χ4n) is 2.57. The number of hydrogen-bond donors (Lipinski definition) is 1. The van der Waals surface area contributed by atoms with E-state index in [0.29, 0.717) is 15.6 Å². The SMILES string of the molecule is CN(C)C1(CN(C)S(=O)(=O)c2ccc(CO)s2)CCC1. The normalized spacial score (nSPS) is 18.5. The third-order valence-electron chi connectivity index (χ3n) is 4.21. The Kier molecular flexibility index (Phi) is 4.56. The number of sulfonamides is 1. The smallest absolute Gasteiger partial charge is 0.252 e. The first kappa shape index (κ1) is 15.9. The number of likely N-dealkylation sites (N-methyl/N-ethyl adjacent to an activating group) is 2. The van der Waals surface area contributed by atoms with Gasteiger partial charge in [-0.15, -0.1) is 11.3 Å². The minimum absolute atomic E-state index is 0.0289. The standard InChI is InChI=1S/C13H22N2O3S2/c1-14(2)13(7-4-8-13)10-15(3)20(17,18)12-6-5-11(9-16)19-12/h5-6,16H,4,7-10H2,1-3H3.